The lowest BCUT2D eigenvalue weighted by atomic mass is 9.93. The number of nitriles is 1. The summed E-state index contributed by atoms with van der Waals surface area (Å²) in [5, 5.41) is 19.1. The van der Waals surface area contributed by atoms with Gasteiger partial charge in [0.25, 0.3) is 0 Å². The minimum atomic E-state index is -3.88. The first-order chi connectivity index (χ1) is 9.44. The molecular formula is C13H15ClN2O3S. The van der Waals surface area contributed by atoms with Crippen LogP contribution in [0.1, 0.15) is 31.2 Å². The van der Waals surface area contributed by atoms with Crippen molar-refractivity contribution in [3.63, 3.8) is 0 Å². The molecule has 0 amide bonds. The van der Waals surface area contributed by atoms with Crippen LogP contribution in [0.4, 0.5) is 0 Å². The number of hydrogen-bond acceptors (Lipinski definition) is 4. The molecule has 1 aromatic rings. The van der Waals surface area contributed by atoms with Crippen LogP contribution in [0.3, 0.4) is 0 Å². The summed E-state index contributed by atoms with van der Waals surface area (Å²) in [5.41, 5.74) is 0.0344. The van der Waals surface area contributed by atoms with Crippen molar-refractivity contribution in [2.75, 3.05) is 0 Å². The van der Waals surface area contributed by atoms with Crippen LogP contribution in [-0.2, 0) is 10.0 Å². The maximum atomic E-state index is 12.3. The Bertz CT molecular complexity index is 640. The fourth-order valence-electron chi connectivity index (χ4n) is 2.32. The molecule has 0 aromatic heterocycles. The zero-order chi connectivity index (χ0) is 14.8. The molecule has 1 aromatic carbocycles. The Morgan fingerprint density at radius 2 is 2.05 bits per heavy atom. The minimum absolute atomic E-state index is 0.0344. The highest BCUT2D eigenvalue weighted by atomic mass is 35.5. The second-order valence-corrected chi connectivity index (χ2v) is 6.95. The van der Waals surface area contributed by atoms with Gasteiger partial charge in [-0.25, -0.2) is 13.1 Å². The first kappa shape index (κ1) is 15.3. The van der Waals surface area contributed by atoms with E-state index in [1.165, 1.54) is 18.2 Å². The fraction of sp³-hybridized carbons (Fsp3) is 0.462. The van der Waals surface area contributed by atoms with E-state index in [1.54, 1.807) is 0 Å². The zero-order valence-corrected chi connectivity index (χ0v) is 12.3. The molecule has 7 heteroatoms. The van der Waals surface area contributed by atoms with E-state index in [9.17, 15) is 13.5 Å². The number of sulfonamides is 1. The molecule has 2 N–H and O–H groups in total. The molecule has 1 aliphatic carbocycles. The molecule has 5 nitrogen and oxygen atoms in total. The van der Waals surface area contributed by atoms with Crippen LogP contribution in [0.5, 0.6) is 0 Å². The third-order valence-electron chi connectivity index (χ3n) is 3.39. The first-order valence-corrected chi connectivity index (χ1v) is 8.20. The number of aliphatic hydroxyl groups is 1. The smallest absolute Gasteiger partial charge is 0.242 e. The third-order valence-corrected chi connectivity index (χ3v) is 5.15. The molecule has 108 valence electrons. The van der Waals surface area contributed by atoms with Gasteiger partial charge in [0.2, 0.25) is 10.0 Å². The molecule has 0 heterocycles. The lowest BCUT2D eigenvalue weighted by molar-refractivity contribution is 0.101. The molecule has 0 radical (unpaired) electrons. The van der Waals surface area contributed by atoms with Crippen LogP contribution in [0.2, 0.25) is 5.02 Å². The monoisotopic (exact) mass is 314 g/mol. The Morgan fingerprint density at radius 1 is 1.35 bits per heavy atom. The number of halogens is 1. The molecule has 20 heavy (non-hydrogen) atoms. The van der Waals surface area contributed by atoms with Gasteiger partial charge in [-0.1, -0.05) is 24.4 Å². The normalized spacial score (nSPS) is 23.2. The second-order valence-electron chi connectivity index (χ2n) is 4.83. The lowest BCUT2D eigenvalue weighted by Crippen LogP contribution is -2.45. The minimum Gasteiger partial charge on any atom is -0.391 e. The number of rotatable bonds is 3. The fourth-order valence-corrected chi connectivity index (χ4v) is 4.04. The maximum Gasteiger partial charge on any atom is 0.242 e. The van der Waals surface area contributed by atoms with Crippen molar-refractivity contribution >= 4 is 21.6 Å². The van der Waals surface area contributed by atoms with Crippen LogP contribution in [0.15, 0.2) is 23.1 Å². The molecule has 2 atom stereocenters. The molecule has 0 bridgehead atoms. The highest BCUT2D eigenvalue weighted by Crippen LogP contribution is 2.24. The SMILES string of the molecule is N#Cc1ccc(Cl)cc1S(=O)(=O)N[C@H]1CCCC[C@@H]1O. The van der Waals surface area contributed by atoms with E-state index in [0.29, 0.717) is 12.8 Å². The Hall–Kier alpha value is -1.13. The summed E-state index contributed by atoms with van der Waals surface area (Å²) in [6.07, 6.45) is 2.23. The van der Waals surface area contributed by atoms with Gasteiger partial charge in [-0.05, 0) is 31.0 Å². The summed E-state index contributed by atoms with van der Waals surface area (Å²) in [6.45, 7) is 0. The number of hydrogen-bond donors (Lipinski definition) is 2. The maximum absolute atomic E-state index is 12.3. The Labute approximate surface area is 123 Å². The summed E-state index contributed by atoms with van der Waals surface area (Å²) >= 11 is 5.80. The first-order valence-electron chi connectivity index (χ1n) is 6.34. The number of benzene rings is 1. The molecular weight excluding hydrogens is 300 g/mol. The van der Waals surface area contributed by atoms with Crippen LogP contribution in [-0.4, -0.2) is 25.7 Å². The van der Waals surface area contributed by atoms with E-state index < -0.39 is 22.2 Å². The van der Waals surface area contributed by atoms with E-state index in [0.717, 1.165) is 12.8 Å². The highest BCUT2D eigenvalue weighted by Gasteiger charge is 2.29. The van der Waals surface area contributed by atoms with Crippen LogP contribution in [0, 0.1) is 11.3 Å². The summed E-state index contributed by atoms with van der Waals surface area (Å²) < 4.78 is 27.2. The van der Waals surface area contributed by atoms with E-state index in [2.05, 4.69) is 4.72 Å². The van der Waals surface area contributed by atoms with Crippen molar-refractivity contribution in [1.82, 2.24) is 4.72 Å². The molecule has 0 spiro atoms. The Balaban J connectivity index is 2.31. The second kappa shape index (κ2) is 6.10. The van der Waals surface area contributed by atoms with Gasteiger partial charge in [0.1, 0.15) is 11.0 Å². The Kier molecular flexibility index (Phi) is 4.66. The standard InChI is InChI=1S/C13H15ClN2O3S/c14-10-6-5-9(8-15)13(7-10)20(18,19)16-11-3-1-2-4-12(11)17/h5-7,11-12,16-17H,1-4H2/t11-,12-/m0/s1. The average molecular weight is 315 g/mol. The van der Waals surface area contributed by atoms with Crippen LogP contribution >= 0.6 is 11.6 Å². The summed E-state index contributed by atoms with van der Waals surface area (Å²) in [6, 6.07) is 5.41. The van der Waals surface area contributed by atoms with Crippen molar-refractivity contribution in [3.8, 4) is 6.07 Å². The predicted octanol–water partition coefficient (Wildman–Crippen LogP) is 1.79. The van der Waals surface area contributed by atoms with Crippen molar-refractivity contribution in [2.24, 2.45) is 0 Å². The number of nitrogens with zero attached hydrogens (tertiary/aromatic N) is 1. The van der Waals surface area contributed by atoms with E-state index in [-0.39, 0.29) is 15.5 Å². The van der Waals surface area contributed by atoms with E-state index in [1.807, 2.05) is 6.07 Å². The number of nitrogens with one attached hydrogen (secondary N) is 1. The van der Waals surface area contributed by atoms with Gasteiger partial charge in [0.15, 0.2) is 0 Å². The molecule has 1 aliphatic rings. The predicted molar refractivity (Wildman–Crippen MR) is 74.8 cm³/mol. The average Bonchev–Trinajstić information content (AvgIpc) is 2.41. The van der Waals surface area contributed by atoms with Crippen molar-refractivity contribution < 1.29 is 13.5 Å². The van der Waals surface area contributed by atoms with Crippen molar-refractivity contribution in [1.29, 1.82) is 5.26 Å². The summed E-state index contributed by atoms with van der Waals surface area (Å²) in [4.78, 5) is -0.148. The largest absolute Gasteiger partial charge is 0.391 e. The zero-order valence-electron chi connectivity index (χ0n) is 10.7. The van der Waals surface area contributed by atoms with E-state index in [4.69, 9.17) is 16.9 Å². The van der Waals surface area contributed by atoms with Gasteiger partial charge in [0.05, 0.1) is 11.7 Å². The summed E-state index contributed by atoms with van der Waals surface area (Å²) in [5.74, 6) is 0. The van der Waals surface area contributed by atoms with E-state index >= 15 is 0 Å². The molecule has 0 aliphatic heterocycles. The molecule has 0 unspecified atom stereocenters. The number of aliphatic hydroxyl groups excluding tert-OH is 1. The van der Waals surface area contributed by atoms with Gasteiger partial charge in [-0.2, -0.15) is 5.26 Å². The molecule has 1 saturated carbocycles. The van der Waals surface area contributed by atoms with Crippen LogP contribution in [0.25, 0.3) is 0 Å². The Morgan fingerprint density at radius 3 is 2.70 bits per heavy atom. The van der Waals surface area contributed by atoms with Crippen LogP contribution < -0.4 is 4.72 Å². The molecule has 0 saturated heterocycles. The lowest BCUT2D eigenvalue weighted by Gasteiger charge is -2.28. The van der Waals surface area contributed by atoms with Gasteiger partial charge in [-0.3, -0.25) is 0 Å². The quantitative estimate of drug-likeness (QED) is 0.890. The van der Waals surface area contributed by atoms with Gasteiger partial charge in [0, 0.05) is 11.1 Å². The van der Waals surface area contributed by atoms with Gasteiger partial charge < -0.3 is 5.11 Å². The van der Waals surface area contributed by atoms with Crippen molar-refractivity contribution in [2.45, 2.75) is 42.7 Å². The van der Waals surface area contributed by atoms with Crippen molar-refractivity contribution in [3.05, 3.63) is 28.8 Å². The topological polar surface area (TPSA) is 90.2 Å². The van der Waals surface area contributed by atoms with Gasteiger partial charge in [-0.15, -0.1) is 0 Å². The summed E-state index contributed by atoms with van der Waals surface area (Å²) in [7, 11) is -3.88. The van der Waals surface area contributed by atoms with Gasteiger partial charge >= 0.3 is 0 Å². The molecule has 1 fully saturated rings. The third kappa shape index (κ3) is 3.30. The highest BCUT2D eigenvalue weighted by molar-refractivity contribution is 7.89. The molecule has 2 rings (SSSR count).